The van der Waals surface area contributed by atoms with Gasteiger partial charge in [0.05, 0.1) is 45.6 Å². The van der Waals surface area contributed by atoms with E-state index < -0.39 is 46.2 Å². The Balaban J connectivity index is 1.77. The van der Waals surface area contributed by atoms with Crippen molar-refractivity contribution in [2.75, 3.05) is 11.0 Å². The molecule has 0 spiro atoms. The van der Waals surface area contributed by atoms with Crippen molar-refractivity contribution >= 4 is 49.4 Å². The lowest BCUT2D eigenvalue weighted by molar-refractivity contribution is -0.141. The molecule has 0 fully saturated rings. The van der Waals surface area contributed by atoms with E-state index in [1.54, 1.807) is 6.07 Å². The largest absolute Gasteiger partial charge is 0.408 e. The van der Waals surface area contributed by atoms with E-state index in [1.807, 2.05) is 0 Å². The molecule has 9 nitrogen and oxygen atoms in total. The number of fused-ring (bicyclic) bond motifs is 2. The minimum absolute atomic E-state index is 0.0602. The van der Waals surface area contributed by atoms with Gasteiger partial charge in [-0.3, -0.25) is 14.5 Å². The monoisotopic (exact) mass is 599 g/mol. The molecule has 0 radical (unpaired) electrons. The first kappa shape index (κ1) is 27.7. The minimum Gasteiger partial charge on any atom is -0.322 e. The molecule has 0 aliphatic heterocycles. The summed E-state index contributed by atoms with van der Waals surface area (Å²) in [6.07, 6.45) is -2.57. The first-order valence-corrected chi connectivity index (χ1v) is 13.7. The topological polar surface area (TPSA) is 132 Å². The number of nitrogens with one attached hydrogen (secondary N) is 2. The second-order valence-corrected chi connectivity index (χ2v) is 11.3. The van der Waals surface area contributed by atoms with Crippen LogP contribution in [0.25, 0.3) is 33.1 Å². The Morgan fingerprint density at radius 3 is 2.48 bits per heavy atom. The molecule has 1 atom stereocenters. The Kier molecular flexibility index (Phi) is 6.92. The molecule has 0 aliphatic rings. The van der Waals surface area contributed by atoms with Crippen molar-refractivity contribution < 1.29 is 30.4 Å². The van der Waals surface area contributed by atoms with Crippen molar-refractivity contribution in [1.82, 2.24) is 25.0 Å². The number of hydrogen-bond donors (Lipinski definition) is 3. The summed E-state index contributed by atoms with van der Waals surface area (Å²) >= 11 is 6.36. The molecule has 0 bridgehead atoms. The molecule has 3 heterocycles. The van der Waals surface area contributed by atoms with Gasteiger partial charge in [0.1, 0.15) is 23.7 Å². The number of nitrogens with zero attached hydrogens (tertiary/aromatic N) is 4. The fourth-order valence-electron chi connectivity index (χ4n) is 4.50. The first-order valence-electron chi connectivity index (χ1n) is 11.5. The maximum atomic E-state index is 13.8. The molecule has 0 aliphatic carbocycles. The Morgan fingerprint density at radius 2 is 1.82 bits per heavy atom. The van der Waals surface area contributed by atoms with E-state index in [-0.39, 0.29) is 44.7 Å². The van der Waals surface area contributed by atoms with E-state index >= 15 is 0 Å². The molecule has 40 heavy (non-hydrogen) atoms. The van der Waals surface area contributed by atoms with Crippen LogP contribution in [0.1, 0.15) is 17.3 Å². The van der Waals surface area contributed by atoms with Gasteiger partial charge in [-0.1, -0.05) is 17.7 Å². The lowest BCUT2D eigenvalue weighted by atomic mass is 9.94. The highest BCUT2D eigenvalue weighted by atomic mass is 35.5. The van der Waals surface area contributed by atoms with Crippen LogP contribution in [0.5, 0.6) is 0 Å². The maximum Gasteiger partial charge on any atom is 0.408 e. The second kappa shape index (κ2) is 9.98. The third kappa shape index (κ3) is 5.71. The fraction of sp³-hybridized carbons (Fsp3) is 0.208. The highest BCUT2D eigenvalue weighted by molar-refractivity contribution is 7.92. The van der Waals surface area contributed by atoms with Gasteiger partial charge in [0.15, 0.2) is 5.82 Å². The van der Waals surface area contributed by atoms with E-state index in [2.05, 4.69) is 25.0 Å². The van der Waals surface area contributed by atoms with Gasteiger partial charge in [0, 0.05) is 17.2 Å². The van der Waals surface area contributed by atoms with Crippen molar-refractivity contribution in [2.24, 2.45) is 5.73 Å². The zero-order valence-electron chi connectivity index (χ0n) is 20.4. The van der Waals surface area contributed by atoms with Crippen LogP contribution in [0.15, 0.2) is 42.6 Å². The first-order chi connectivity index (χ1) is 18.7. The molecule has 0 saturated carbocycles. The van der Waals surface area contributed by atoms with Gasteiger partial charge in [0.2, 0.25) is 10.0 Å². The van der Waals surface area contributed by atoms with Gasteiger partial charge in [0.25, 0.3) is 0 Å². The summed E-state index contributed by atoms with van der Waals surface area (Å²) in [5.74, 6) is -2.01. The molecule has 5 aromatic rings. The lowest BCUT2D eigenvalue weighted by Crippen LogP contribution is -2.19. The van der Waals surface area contributed by atoms with Crippen molar-refractivity contribution in [1.29, 1.82) is 0 Å². The predicted octanol–water partition coefficient (Wildman–Crippen LogP) is 5.08. The number of halogens is 6. The lowest BCUT2D eigenvalue weighted by Gasteiger charge is -2.18. The number of aromatic nitrogens is 5. The summed E-state index contributed by atoms with van der Waals surface area (Å²) in [5.41, 5.74) is 7.94. The predicted molar refractivity (Wildman–Crippen MR) is 139 cm³/mol. The van der Waals surface area contributed by atoms with Gasteiger partial charge < -0.3 is 5.73 Å². The molecule has 3 aromatic heterocycles. The highest BCUT2D eigenvalue weighted by Gasteiger charge is 2.32. The third-order valence-electron chi connectivity index (χ3n) is 5.93. The van der Waals surface area contributed by atoms with Crippen LogP contribution in [0, 0.1) is 11.6 Å². The van der Waals surface area contributed by atoms with E-state index in [1.165, 1.54) is 18.3 Å². The van der Waals surface area contributed by atoms with Gasteiger partial charge in [-0.25, -0.2) is 22.2 Å². The number of alkyl halides is 3. The zero-order valence-corrected chi connectivity index (χ0v) is 22.0. The number of nitrogens with two attached hydrogens (primary N) is 1. The Hall–Kier alpha value is -3.82. The number of hydrogen-bond acceptors (Lipinski definition) is 6. The molecule has 2 aromatic carbocycles. The van der Waals surface area contributed by atoms with E-state index in [0.29, 0.717) is 21.8 Å². The molecular formula is C24H19ClF5N7O2S. The fourth-order valence-corrected chi connectivity index (χ4v) is 5.24. The van der Waals surface area contributed by atoms with Crippen LogP contribution >= 0.6 is 11.6 Å². The minimum atomic E-state index is -4.73. The van der Waals surface area contributed by atoms with Crippen LogP contribution in [0.3, 0.4) is 0 Å². The average molecular weight is 600 g/mol. The zero-order chi connectivity index (χ0) is 29.0. The molecule has 0 saturated heterocycles. The Morgan fingerprint density at radius 1 is 1.12 bits per heavy atom. The molecule has 1 unspecified atom stereocenters. The smallest absolute Gasteiger partial charge is 0.322 e. The molecule has 16 heteroatoms. The number of H-pyrrole nitrogens is 1. The Labute approximate surface area is 228 Å². The number of pyridine rings is 1. The number of sulfonamides is 1. The molecule has 4 N–H and O–H groups in total. The normalized spacial score (nSPS) is 13.3. The van der Waals surface area contributed by atoms with Crippen molar-refractivity contribution in [3.63, 3.8) is 0 Å². The van der Waals surface area contributed by atoms with E-state index in [0.717, 1.165) is 18.4 Å². The average Bonchev–Trinajstić information content (AvgIpc) is 3.40. The van der Waals surface area contributed by atoms with Crippen LogP contribution in [-0.2, 0) is 23.0 Å². The van der Waals surface area contributed by atoms with E-state index in [9.17, 15) is 30.4 Å². The number of anilines is 1. The van der Waals surface area contributed by atoms with Crippen molar-refractivity contribution in [3.8, 4) is 11.1 Å². The van der Waals surface area contributed by atoms with Gasteiger partial charge >= 0.3 is 6.18 Å². The van der Waals surface area contributed by atoms with Crippen LogP contribution in [0.2, 0.25) is 5.02 Å². The summed E-state index contributed by atoms with van der Waals surface area (Å²) in [4.78, 5) is 4.55. The van der Waals surface area contributed by atoms with Crippen molar-refractivity contribution in [3.05, 3.63) is 70.5 Å². The number of aromatic amines is 1. The molecule has 5 rings (SSSR count). The summed E-state index contributed by atoms with van der Waals surface area (Å²) in [7, 11) is -3.95. The maximum absolute atomic E-state index is 13.8. The third-order valence-corrected chi connectivity index (χ3v) is 6.81. The summed E-state index contributed by atoms with van der Waals surface area (Å²) in [6.45, 7) is -1.56. The number of benzene rings is 2. The Bertz CT molecular complexity index is 1850. The van der Waals surface area contributed by atoms with Crippen LogP contribution in [-0.4, -0.2) is 45.8 Å². The van der Waals surface area contributed by atoms with Gasteiger partial charge in [-0.2, -0.15) is 23.4 Å². The molecule has 0 amide bonds. The second-order valence-electron chi connectivity index (χ2n) is 9.13. The van der Waals surface area contributed by atoms with Gasteiger partial charge in [-0.05, 0) is 36.2 Å². The SMILES string of the molecule is CS(=O)(=O)Nc1nn(CC(F)(F)F)c2c(-c3cc4[nH]ncc4nc3C(N)Cc3cc(F)cc(F)c3)ccc(Cl)c12. The quantitative estimate of drug-likeness (QED) is 0.224. The molecular weight excluding hydrogens is 581 g/mol. The molecule has 210 valence electrons. The summed E-state index contributed by atoms with van der Waals surface area (Å²) in [6, 6.07) is 6.33. The number of rotatable bonds is 7. The van der Waals surface area contributed by atoms with Crippen molar-refractivity contribution in [2.45, 2.75) is 25.2 Å². The highest BCUT2D eigenvalue weighted by Crippen LogP contribution is 2.41. The van der Waals surface area contributed by atoms with Crippen LogP contribution in [0.4, 0.5) is 27.8 Å². The van der Waals surface area contributed by atoms with E-state index in [4.69, 9.17) is 17.3 Å². The summed E-state index contributed by atoms with van der Waals surface area (Å²) < 4.78 is 95.1. The standard InChI is InChI=1S/C24H19ClF5N7O2S/c1-40(38,39)36-23-20-16(25)3-2-14(22(20)37(35-23)10-24(28,29)30)15-8-18-19(9-32-34-18)33-21(15)17(31)6-11-4-12(26)7-13(27)5-11/h2-5,7-9,17H,6,10,31H2,1H3,(H,32,34)(H,35,36). The van der Waals surface area contributed by atoms with Gasteiger partial charge in [-0.15, -0.1) is 0 Å². The summed E-state index contributed by atoms with van der Waals surface area (Å²) in [5, 5.41) is 10.4. The van der Waals surface area contributed by atoms with Crippen LogP contribution < -0.4 is 10.5 Å².